The van der Waals surface area contributed by atoms with Crippen LogP contribution in [-0.2, 0) is 4.79 Å². The summed E-state index contributed by atoms with van der Waals surface area (Å²) >= 11 is 0. The third-order valence-corrected chi connectivity index (χ3v) is 3.94. The van der Waals surface area contributed by atoms with E-state index in [-0.39, 0.29) is 12.0 Å². The van der Waals surface area contributed by atoms with Gasteiger partial charge in [0.05, 0.1) is 11.8 Å². The molecule has 0 spiro atoms. The van der Waals surface area contributed by atoms with Gasteiger partial charge in [0.2, 0.25) is 0 Å². The Bertz CT molecular complexity index is 753. The van der Waals surface area contributed by atoms with Gasteiger partial charge in [0.25, 0.3) is 5.91 Å². The lowest BCUT2D eigenvalue weighted by Crippen LogP contribution is -2.30. The van der Waals surface area contributed by atoms with Gasteiger partial charge >= 0.3 is 0 Å². The highest BCUT2D eigenvalue weighted by atomic mass is 16.5. The van der Waals surface area contributed by atoms with Gasteiger partial charge in [-0.15, -0.1) is 0 Å². The number of ether oxygens (including phenoxy) is 2. The number of anilines is 1. The largest absolute Gasteiger partial charge is 0.489 e. The lowest BCUT2D eigenvalue weighted by atomic mass is 10.1. The van der Waals surface area contributed by atoms with Crippen molar-refractivity contribution in [2.45, 2.75) is 53.8 Å². The Balaban J connectivity index is 2.12. The summed E-state index contributed by atoms with van der Waals surface area (Å²) in [5.74, 6) is 1.19. The molecule has 0 fully saturated rings. The summed E-state index contributed by atoms with van der Waals surface area (Å²) in [5, 5.41) is 2.90. The van der Waals surface area contributed by atoms with E-state index < -0.39 is 6.10 Å². The first kappa shape index (κ1) is 18.8. The number of carbonyl (C=O) groups excluding carboxylic acids is 1. The molecule has 0 saturated carbocycles. The van der Waals surface area contributed by atoms with Gasteiger partial charge < -0.3 is 14.8 Å². The Labute approximate surface area is 150 Å². The molecule has 0 heterocycles. The Morgan fingerprint density at radius 1 is 0.960 bits per heavy atom. The van der Waals surface area contributed by atoms with Gasteiger partial charge in [0.15, 0.2) is 6.10 Å². The normalized spacial score (nSPS) is 12.0. The summed E-state index contributed by atoms with van der Waals surface area (Å²) in [6, 6.07) is 11.5. The molecule has 2 rings (SSSR count). The first-order valence-electron chi connectivity index (χ1n) is 8.59. The molecule has 0 aliphatic heterocycles. The second-order valence-electron chi connectivity index (χ2n) is 6.62. The average Bonchev–Trinajstić information content (AvgIpc) is 2.53. The third-order valence-electron chi connectivity index (χ3n) is 3.94. The van der Waals surface area contributed by atoms with Gasteiger partial charge in [-0.3, -0.25) is 4.79 Å². The summed E-state index contributed by atoms with van der Waals surface area (Å²) < 4.78 is 11.6. The fourth-order valence-electron chi connectivity index (χ4n) is 2.53. The number of nitrogens with one attached hydrogen (secondary N) is 1. The van der Waals surface area contributed by atoms with Crippen molar-refractivity contribution in [2.75, 3.05) is 5.32 Å². The van der Waals surface area contributed by atoms with E-state index in [4.69, 9.17) is 9.47 Å². The standard InChI is InChI=1S/C21H27NO3/c1-13(2)24-19-10-8-7-9-18(19)22-21(23)17(6)25-20-12-14(3)11-15(4)16(20)5/h7-13,17H,1-6H3,(H,22,23). The lowest BCUT2D eigenvalue weighted by Gasteiger charge is -2.19. The van der Waals surface area contributed by atoms with Crippen molar-refractivity contribution in [3.05, 3.63) is 53.1 Å². The van der Waals surface area contributed by atoms with E-state index in [0.717, 1.165) is 22.4 Å². The fourth-order valence-corrected chi connectivity index (χ4v) is 2.53. The quantitative estimate of drug-likeness (QED) is 0.820. The van der Waals surface area contributed by atoms with Gasteiger partial charge in [-0.25, -0.2) is 0 Å². The minimum atomic E-state index is -0.619. The van der Waals surface area contributed by atoms with E-state index in [2.05, 4.69) is 11.4 Å². The van der Waals surface area contributed by atoms with Crippen LogP contribution in [0.5, 0.6) is 11.5 Å². The van der Waals surface area contributed by atoms with Crippen LogP contribution in [0.3, 0.4) is 0 Å². The van der Waals surface area contributed by atoms with Crippen LogP contribution in [0.4, 0.5) is 5.69 Å². The molecule has 0 radical (unpaired) electrons. The van der Waals surface area contributed by atoms with Crippen molar-refractivity contribution in [1.29, 1.82) is 0 Å². The number of aryl methyl sites for hydroxylation is 2. The number of hydrogen-bond acceptors (Lipinski definition) is 3. The molecular weight excluding hydrogens is 314 g/mol. The zero-order chi connectivity index (χ0) is 18.6. The summed E-state index contributed by atoms with van der Waals surface area (Å²) in [7, 11) is 0. The van der Waals surface area contributed by atoms with Gasteiger partial charge in [-0.1, -0.05) is 18.2 Å². The number of hydrogen-bond donors (Lipinski definition) is 1. The molecular formula is C21H27NO3. The Hall–Kier alpha value is -2.49. The molecule has 4 heteroatoms. The molecule has 0 aromatic heterocycles. The van der Waals surface area contributed by atoms with Crippen molar-refractivity contribution in [1.82, 2.24) is 0 Å². The van der Waals surface area contributed by atoms with Crippen LogP contribution in [0.15, 0.2) is 36.4 Å². The second-order valence-corrected chi connectivity index (χ2v) is 6.62. The van der Waals surface area contributed by atoms with Crippen LogP contribution < -0.4 is 14.8 Å². The number of rotatable bonds is 6. The van der Waals surface area contributed by atoms with E-state index >= 15 is 0 Å². The summed E-state index contributed by atoms with van der Waals surface area (Å²) in [6.45, 7) is 11.7. The SMILES string of the molecule is Cc1cc(C)c(C)c(OC(C)C(=O)Nc2ccccc2OC(C)C)c1. The molecule has 0 aliphatic rings. The first-order chi connectivity index (χ1) is 11.8. The van der Waals surface area contributed by atoms with Crippen LogP contribution in [0, 0.1) is 20.8 Å². The van der Waals surface area contributed by atoms with Crippen LogP contribution in [0.2, 0.25) is 0 Å². The second kappa shape index (κ2) is 8.06. The smallest absolute Gasteiger partial charge is 0.265 e. The van der Waals surface area contributed by atoms with Crippen molar-refractivity contribution in [3.8, 4) is 11.5 Å². The highest BCUT2D eigenvalue weighted by molar-refractivity contribution is 5.95. The number of amides is 1. The lowest BCUT2D eigenvalue weighted by molar-refractivity contribution is -0.122. The van der Waals surface area contributed by atoms with E-state index in [1.807, 2.05) is 65.0 Å². The van der Waals surface area contributed by atoms with E-state index in [1.165, 1.54) is 0 Å². The summed E-state index contributed by atoms with van der Waals surface area (Å²) in [4.78, 5) is 12.5. The first-order valence-corrected chi connectivity index (χ1v) is 8.59. The summed E-state index contributed by atoms with van der Waals surface area (Å²) in [6.07, 6.45) is -0.586. The average molecular weight is 341 g/mol. The Morgan fingerprint density at radius 3 is 2.32 bits per heavy atom. The van der Waals surface area contributed by atoms with Gasteiger partial charge in [0.1, 0.15) is 11.5 Å². The van der Waals surface area contributed by atoms with Gasteiger partial charge in [0, 0.05) is 0 Å². The monoisotopic (exact) mass is 341 g/mol. The van der Waals surface area contributed by atoms with Crippen molar-refractivity contribution in [2.24, 2.45) is 0 Å². The summed E-state index contributed by atoms with van der Waals surface area (Å²) in [5.41, 5.74) is 3.96. The molecule has 4 nitrogen and oxygen atoms in total. The maximum Gasteiger partial charge on any atom is 0.265 e. The molecule has 1 atom stereocenters. The molecule has 0 saturated heterocycles. The van der Waals surface area contributed by atoms with E-state index in [0.29, 0.717) is 11.4 Å². The van der Waals surface area contributed by atoms with Crippen LogP contribution in [0.25, 0.3) is 0 Å². The van der Waals surface area contributed by atoms with Crippen molar-refractivity contribution < 1.29 is 14.3 Å². The Kier molecular flexibility index (Phi) is 6.07. The van der Waals surface area contributed by atoms with Crippen LogP contribution in [-0.4, -0.2) is 18.1 Å². The zero-order valence-electron chi connectivity index (χ0n) is 15.8. The number of benzene rings is 2. The zero-order valence-corrected chi connectivity index (χ0v) is 15.8. The van der Waals surface area contributed by atoms with E-state index in [1.54, 1.807) is 6.92 Å². The molecule has 1 N–H and O–H groups in total. The molecule has 134 valence electrons. The maximum absolute atomic E-state index is 12.5. The van der Waals surface area contributed by atoms with Crippen molar-refractivity contribution in [3.63, 3.8) is 0 Å². The number of para-hydroxylation sites is 2. The highest BCUT2D eigenvalue weighted by Gasteiger charge is 2.18. The molecule has 0 aliphatic carbocycles. The van der Waals surface area contributed by atoms with Gasteiger partial charge in [-0.2, -0.15) is 0 Å². The fraction of sp³-hybridized carbons (Fsp3) is 0.381. The predicted molar refractivity (Wildman–Crippen MR) is 102 cm³/mol. The highest BCUT2D eigenvalue weighted by Crippen LogP contribution is 2.27. The molecule has 1 amide bonds. The molecule has 2 aromatic carbocycles. The van der Waals surface area contributed by atoms with Crippen LogP contribution >= 0.6 is 0 Å². The topological polar surface area (TPSA) is 47.6 Å². The maximum atomic E-state index is 12.5. The molecule has 1 unspecified atom stereocenters. The minimum absolute atomic E-state index is 0.0321. The van der Waals surface area contributed by atoms with Gasteiger partial charge in [-0.05, 0) is 76.4 Å². The molecule has 2 aromatic rings. The van der Waals surface area contributed by atoms with Crippen LogP contribution in [0.1, 0.15) is 37.5 Å². The number of carbonyl (C=O) groups is 1. The minimum Gasteiger partial charge on any atom is -0.489 e. The Morgan fingerprint density at radius 2 is 1.64 bits per heavy atom. The predicted octanol–water partition coefficient (Wildman–Crippen LogP) is 4.81. The third kappa shape index (κ3) is 4.99. The van der Waals surface area contributed by atoms with E-state index in [9.17, 15) is 4.79 Å². The van der Waals surface area contributed by atoms with Crippen molar-refractivity contribution >= 4 is 11.6 Å². The molecule has 0 bridgehead atoms. The molecule has 25 heavy (non-hydrogen) atoms.